The van der Waals surface area contributed by atoms with Gasteiger partial charge >= 0.3 is 6.18 Å². The maximum atomic E-state index is 13.9. The Morgan fingerprint density at radius 3 is 2.04 bits per heavy atom. The Morgan fingerprint density at radius 2 is 1.69 bits per heavy atom. The van der Waals surface area contributed by atoms with Gasteiger partial charge in [-0.3, -0.25) is 0 Å². The lowest BCUT2D eigenvalue weighted by Crippen LogP contribution is -2.53. The molecule has 3 nitrogen and oxygen atoms in total. The van der Waals surface area contributed by atoms with E-state index in [0.29, 0.717) is 6.54 Å². The monoisotopic (exact) mass is 394 g/mol. The molecule has 152 valence electrons. The van der Waals surface area contributed by atoms with Gasteiger partial charge in [0.15, 0.2) is 6.04 Å². The molecule has 1 rings (SSSR count). The van der Waals surface area contributed by atoms with Crippen LogP contribution in [-0.4, -0.2) is 33.0 Å². The smallest absolute Gasteiger partial charge is 0.411 e. The van der Waals surface area contributed by atoms with E-state index in [0.717, 1.165) is 5.70 Å². The Morgan fingerprint density at radius 1 is 1.19 bits per heavy atom. The van der Waals surface area contributed by atoms with Crippen molar-refractivity contribution in [3.05, 3.63) is 23.5 Å². The van der Waals surface area contributed by atoms with Crippen molar-refractivity contribution in [3.8, 4) is 0 Å². The molecule has 26 heavy (non-hydrogen) atoms. The summed E-state index contributed by atoms with van der Waals surface area (Å²) >= 11 is -1.84. The molecule has 1 aliphatic heterocycles. The Hall–Kier alpha value is -0.660. The SMILES string of the molecule is C/C=C1/N(CC(C)(C)C)C=C([C@H](N[S+]([O-])C(C)(C)C)C(F)(F)F)C1(C)C. The molecule has 1 unspecified atom stereocenters. The van der Waals surface area contributed by atoms with Crippen LogP contribution in [0.2, 0.25) is 0 Å². The maximum absolute atomic E-state index is 13.9. The number of alkyl halides is 3. The fourth-order valence-electron chi connectivity index (χ4n) is 3.10. The van der Waals surface area contributed by atoms with Crippen molar-refractivity contribution < 1.29 is 17.7 Å². The second-order valence-corrected chi connectivity index (χ2v) is 11.5. The van der Waals surface area contributed by atoms with Crippen molar-refractivity contribution in [2.75, 3.05) is 6.54 Å². The highest BCUT2D eigenvalue weighted by Gasteiger charge is 2.53. The van der Waals surface area contributed by atoms with Gasteiger partial charge in [0.2, 0.25) is 0 Å². The number of halogens is 3. The van der Waals surface area contributed by atoms with Gasteiger partial charge in [-0.15, -0.1) is 4.72 Å². The molecule has 0 saturated carbocycles. The number of rotatable bonds is 4. The number of nitrogens with zero attached hydrogens (tertiary/aromatic N) is 1. The topological polar surface area (TPSA) is 38.3 Å². The molecular formula is C19H33F3N2OS. The molecule has 0 spiro atoms. The Balaban J connectivity index is 3.37. The lowest BCUT2D eigenvalue weighted by molar-refractivity contribution is -0.144. The first kappa shape index (κ1) is 23.4. The Labute approximate surface area is 159 Å². The molecule has 7 heteroatoms. The number of hydrogen-bond acceptors (Lipinski definition) is 3. The van der Waals surface area contributed by atoms with Gasteiger partial charge in [0.25, 0.3) is 0 Å². The van der Waals surface area contributed by atoms with Gasteiger partial charge in [0.05, 0.1) is 0 Å². The minimum absolute atomic E-state index is 0.0777. The molecule has 0 aromatic carbocycles. The van der Waals surface area contributed by atoms with Crippen LogP contribution in [0.25, 0.3) is 0 Å². The molecule has 0 aliphatic carbocycles. The zero-order chi connectivity index (χ0) is 20.7. The summed E-state index contributed by atoms with van der Waals surface area (Å²) in [7, 11) is 0. The van der Waals surface area contributed by atoms with Gasteiger partial charge in [0.1, 0.15) is 4.75 Å². The highest BCUT2D eigenvalue weighted by molar-refractivity contribution is 7.90. The summed E-state index contributed by atoms with van der Waals surface area (Å²) in [5, 5.41) is 0. The first-order valence-corrected chi connectivity index (χ1v) is 9.96. The molecule has 1 N–H and O–H groups in total. The quantitative estimate of drug-likeness (QED) is 0.671. The maximum Gasteiger partial charge on any atom is 0.411 e. The number of nitrogens with one attached hydrogen (secondary N) is 1. The van der Waals surface area contributed by atoms with Crippen LogP contribution in [0.3, 0.4) is 0 Å². The molecule has 0 saturated heterocycles. The van der Waals surface area contributed by atoms with Crippen LogP contribution >= 0.6 is 0 Å². The summed E-state index contributed by atoms with van der Waals surface area (Å²) in [5.41, 5.74) is 0.140. The fraction of sp³-hybridized carbons (Fsp3) is 0.789. The average Bonchev–Trinajstić information content (AvgIpc) is 2.61. The van der Waals surface area contributed by atoms with E-state index in [9.17, 15) is 17.7 Å². The summed E-state index contributed by atoms with van der Waals surface area (Å²) < 4.78 is 55.6. The first-order valence-electron chi connectivity index (χ1n) is 8.81. The van der Waals surface area contributed by atoms with Gasteiger partial charge in [-0.2, -0.15) is 13.2 Å². The highest BCUT2D eigenvalue weighted by atomic mass is 32.2. The van der Waals surface area contributed by atoms with Crippen molar-refractivity contribution in [2.45, 2.75) is 79.3 Å². The summed E-state index contributed by atoms with van der Waals surface area (Å²) in [5.74, 6) is 0. The van der Waals surface area contributed by atoms with Crippen LogP contribution in [0.4, 0.5) is 13.2 Å². The van der Waals surface area contributed by atoms with Gasteiger partial charge < -0.3 is 9.45 Å². The minimum atomic E-state index is -4.54. The van der Waals surface area contributed by atoms with Crippen LogP contribution in [-0.2, 0) is 11.4 Å². The van der Waals surface area contributed by atoms with Gasteiger partial charge in [-0.05, 0) is 38.7 Å². The lowest BCUT2D eigenvalue weighted by Gasteiger charge is -2.35. The van der Waals surface area contributed by atoms with Crippen LogP contribution < -0.4 is 4.72 Å². The number of allylic oxidation sites excluding steroid dienone is 2. The summed E-state index contributed by atoms with van der Waals surface area (Å²) in [4.78, 5) is 1.90. The molecule has 0 aromatic rings. The summed E-state index contributed by atoms with van der Waals surface area (Å²) in [6.45, 7) is 17.1. The van der Waals surface area contributed by atoms with E-state index in [2.05, 4.69) is 4.72 Å². The van der Waals surface area contributed by atoms with E-state index in [1.165, 1.54) is 0 Å². The first-order chi connectivity index (χ1) is 11.4. The third kappa shape index (κ3) is 5.42. The molecule has 0 radical (unpaired) electrons. The Kier molecular flexibility index (Phi) is 6.65. The molecule has 0 aromatic heterocycles. The zero-order valence-corrected chi connectivity index (χ0v) is 18.2. The molecule has 0 fully saturated rings. The molecule has 0 bridgehead atoms. The van der Waals surface area contributed by atoms with E-state index in [-0.39, 0.29) is 11.0 Å². The standard InChI is InChI=1S/C19H33F3N2OS/c1-10-14-18(8,9)13(11-24(14)12-16(2,3)4)15(19(20,21)22)23-26(25)17(5,6)7/h10-11,15,23H,12H2,1-9H3/b14-10+/t15-,26?/m0/s1. The highest BCUT2D eigenvalue weighted by Crippen LogP contribution is 2.48. The van der Waals surface area contributed by atoms with E-state index >= 15 is 0 Å². The second-order valence-electron chi connectivity index (χ2n) is 9.55. The predicted octanol–water partition coefficient (Wildman–Crippen LogP) is 5.14. The van der Waals surface area contributed by atoms with Gasteiger partial charge in [-0.1, -0.05) is 40.7 Å². The molecule has 2 atom stereocenters. The summed E-state index contributed by atoms with van der Waals surface area (Å²) in [6, 6.07) is -1.96. The van der Waals surface area contributed by atoms with E-state index in [1.807, 2.05) is 38.7 Å². The molecule has 1 aliphatic rings. The van der Waals surface area contributed by atoms with Gasteiger partial charge in [0, 0.05) is 35.2 Å². The predicted molar refractivity (Wildman–Crippen MR) is 103 cm³/mol. The fourth-order valence-corrected chi connectivity index (χ4v) is 3.93. The lowest BCUT2D eigenvalue weighted by atomic mass is 9.79. The van der Waals surface area contributed by atoms with Crippen molar-refractivity contribution in [3.63, 3.8) is 0 Å². The minimum Gasteiger partial charge on any atom is -0.598 e. The van der Waals surface area contributed by atoms with Crippen LogP contribution in [0, 0.1) is 10.8 Å². The third-order valence-corrected chi connectivity index (χ3v) is 5.87. The molecular weight excluding hydrogens is 361 g/mol. The molecule has 1 heterocycles. The van der Waals surface area contributed by atoms with Gasteiger partial charge in [-0.25, -0.2) is 0 Å². The van der Waals surface area contributed by atoms with Crippen molar-refractivity contribution in [1.82, 2.24) is 9.62 Å². The van der Waals surface area contributed by atoms with Crippen LogP contribution in [0.5, 0.6) is 0 Å². The van der Waals surface area contributed by atoms with Crippen molar-refractivity contribution in [1.29, 1.82) is 0 Å². The van der Waals surface area contributed by atoms with Crippen LogP contribution in [0.1, 0.15) is 62.3 Å². The summed E-state index contributed by atoms with van der Waals surface area (Å²) in [6.07, 6.45) is -1.09. The average molecular weight is 395 g/mol. The second kappa shape index (κ2) is 7.40. The Bertz CT molecular complexity index is 569. The normalized spacial score (nSPS) is 22.6. The van der Waals surface area contributed by atoms with Crippen LogP contribution in [0.15, 0.2) is 23.5 Å². The third-order valence-electron chi connectivity index (χ3n) is 4.30. The zero-order valence-electron chi connectivity index (χ0n) is 17.3. The van der Waals surface area contributed by atoms with E-state index in [1.54, 1.807) is 40.8 Å². The number of hydrogen-bond donors (Lipinski definition) is 1. The largest absolute Gasteiger partial charge is 0.598 e. The van der Waals surface area contributed by atoms with E-state index in [4.69, 9.17) is 0 Å². The van der Waals surface area contributed by atoms with Crippen molar-refractivity contribution >= 4 is 11.4 Å². The van der Waals surface area contributed by atoms with Crippen molar-refractivity contribution in [2.24, 2.45) is 10.8 Å². The van der Waals surface area contributed by atoms with E-state index < -0.39 is 33.7 Å². The molecule has 0 amide bonds.